The highest BCUT2D eigenvalue weighted by Crippen LogP contribution is 2.21. The second kappa shape index (κ2) is 6.19. The molecule has 0 saturated heterocycles. The molecule has 0 fully saturated rings. The van der Waals surface area contributed by atoms with Crippen molar-refractivity contribution in [2.24, 2.45) is 0 Å². The minimum atomic E-state index is -0.0309. The van der Waals surface area contributed by atoms with Crippen LogP contribution < -0.4 is 5.73 Å². The largest absolute Gasteiger partial charge is 0.399 e. The Balaban J connectivity index is 2.19. The lowest BCUT2D eigenvalue weighted by Gasteiger charge is -2.19. The fourth-order valence-corrected chi connectivity index (χ4v) is 2.32. The molecule has 1 amide bonds. The monoisotopic (exact) mass is 302 g/mol. The number of anilines is 1. The van der Waals surface area contributed by atoms with E-state index in [-0.39, 0.29) is 5.91 Å². The van der Waals surface area contributed by atoms with E-state index in [2.05, 4.69) is 0 Å². The third-order valence-electron chi connectivity index (χ3n) is 3.58. The van der Waals surface area contributed by atoms with Gasteiger partial charge in [-0.1, -0.05) is 17.7 Å². The Bertz CT molecular complexity index is 682. The molecule has 0 aliphatic carbocycles. The average Bonchev–Trinajstić information content (AvgIpc) is 2.45. The summed E-state index contributed by atoms with van der Waals surface area (Å²) in [7, 11) is 1.76. The molecule has 3 nitrogen and oxygen atoms in total. The van der Waals surface area contributed by atoms with Crippen LogP contribution in [0.5, 0.6) is 0 Å². The Morgan fingerprint density at radius 3 is 2.52 bits per heavy atom. The first-order valence-electron chi connectivity index (χ1n) is 6.75. The van der Waals surface area contributed by atoms with Gasteiger partial charge in [0, 0.05) is 29.9 Å². The van der Waals surface area contributed by atoms with Gasteiger partial charge in [0.25, 0.3) is 5.91 Å². The zero-order valence-corrected chi connectivity index (χ0v) is 13.2. The molecular formula is C17H19ClN2O. The van der Waals surface area contributed by atoms with Crippen molar-refractivity contribution in [3.8, 4) is 0 Å². The molecule has 2 aromatic rings. The number of carbonyl (C=O) groups is 1. The van der Waals surface area contributed by atoms with E-state index < -0.39 is 0 Å². The van der Waals surface area contributed by atoms with Crippen LogP contribution in [0.4, 0.5) is 5.69 Å². The molecule has 110 valence electrons. The SMILES string of the molecule is Cc1ccc(C(=O)N(C)Cc2cc(N)ccc2Cl)cc1C. The first-order chi connectivity index (χ1) is 9.88. The van der Waals surface area contributed by atoms with Crippen LogP contribution in [0.2, 0.25) is 5.02 Å². The Morgan fingerprint density at radius 1 is 1.14 bits per heavy atom. The zero-order chi connectivity index (χ0) is 15.6. The maximum absolute atomic E-state index is 12.5. The van der Waals surface area contributed by atoms with Crippen LogP contribution in [-0.4, -0.2) is 17.9 Å². The second-order valence-corrected chi connectivity index (χ2v) is 5.72. The highest BCUT2D eigenvalue weighted by molar-refractivity contribution is 6.31. The van der Waals surface area contributed by atoms with Gasteiger partial charge in [0.2, 0.25) is 0 Å². The first-order valence-corrected chi connectivity index (χ1v) is 7.13. The molecule has 2 N–H and O–H groups in total. The summed E-state index contributed by atoms with van der Waals surface area (Å²) in [5.41, 5.74) is 10.2. The van der Waals surface area contributed by atoms with Gasteiger partial charge in [0.05, 0.1) is 0 Å². The number of hydrogen-bond donors (Lipinski definition) is 1. The topological polar surface area (TPSA) is 46.3 Å². The molecule has 0 saturated carbocycles. The minimum Gasteiger partial charge on any atom is -0.399 e. The minimum absolute atomic E-state index is 0.0309. The van der Waals surface area contributed by atoms with E-state index in [1.54, 1.807) is 30.1 Å². The van der Waals surface area contributed by atoms with Crippen LogP contribution in [0.15, 0.2) is 36.4 Å². The van der Waals surface area contributed by atoms with Crippen LogP contribution >= 0.6 is 11.6 Å². The quantitative estimate of drug-likeness (QED) is 0.876. The number of rotatable bonds is 3. The van der Waals surface area contributed by atoms with Crippen LogP contribution in [0.3, 0.4) is 0 Å². The highest BCUT2D eigenvalue weighted by Gasteiger charge is 2.14. The third-order valence-corrected chi connectivity index (χ3v) is 3.95. The van der Waals surface area contributed by atoms with Gasteiger partial charge in [0.1, 0.15) is 0 Å². The third kappa shape index (κ3) is 3.56. The van der Waals surface area contributed by atoms with Crippen molar-refractivity contribution < 1.29 is 4.79 Å². The summed E-state index contributed by atoms with van der Waals surface area (Å²) in [5, 5.41) is 0.615. The number of carbonyl (C=O) groups excluding carboxylic acids is 1. The van der Waals surface area contributed by atoms with E-state index in [4.69, 9.17) is 17.3 Å². The number of nitrogens with zero attached hydrogens (tertiary/aromatic N) is 1. The van der Waals surface area contributed by atoms with E-state index in [0.29, 0.717) is 22.8 Å². The molecule has 0 unspecified atom stereocenters. The summed E-state index contributed by atoms with van der Waals surface area (Å²) in [4.78, 5) is 14.1. The van der Waals surface area contributed by atoms with Crippen molar-refractivity contribution in [3.63, 3.8) is 0 Å². The van der Waals surface area contributed by atoms with Gasteiger partial charge in [-0.15, -0.1) is 0 Å². The van der Waals surface area contributed by atoms with Crippen LogP contribution in [-0.2, 0) is 6.54 Å². The number of benzene rings is 2. The smallest absolute Gasteiger partial charge is 0.253 e. The number of halogens is 1. The highest BCUT2D eigenvalue weighted by atomic mass is 35.5. The second-order valence-electron chi connectivity index (χ2n) is 5.31. The molecule has 0 atom stereocenters. The fourth-order valence-electron chi connectivity index (χ4n) is 2.14. The van der Waals surface area contributed by atoms with Gasteiger partial charge >= 0.3 is 0 Å². The van der Waals surface area contributed by atoms with Gasteiger partial charge < -0.3 is 10.6 Å². The molecule has 0 heterocycles. The van der Waals surface area contributed by atoms with Crippen molar-refractivity contribution >= 4 is 23.2 Å². The van der Waals surface area contributed by atoms with Crippen molar-refractivity contribution in [1.29, 1.82) is 0 Å². The zero-order valence-electron chi connectivity index (χ0n) is 12.5. The standard InChI is InChI=1S/C17H19ClN2O/c1-11-4-5-13(8-12(11)2)17(21)20(3)10-14-9-15(19)6-7-16(14)18/h4-9H,10,19H2,1-3H3. The predicted octanol–water partition coefficient (Wildman–Crippen LogP) is 3.81. The van der Waals surface area contributed by atoms with E-state index in [0.717, 1.165) is 11.1 Å². The van der Waals surface area contributed by atoms with Gasteiger partial charge in [0.15, 0.2) is 0 Å². The molecule has 0 aliphatic heterocycles. The van der Waals surface area contributed by atoms with E-state index >= 15 is 0 Å². The lowest BCUT2D eigenvalue weighted by atomic mass is 10.1. The van der Waals surface area contributed by atoms with Crippen LogP contribution in [0.25, 0.3) is 0 Å². The van der Waals surface area contributed by atoms with Crippen molar-refractivity contribution in [2.45, 2.75) is 20.4 Å². The van der Waals surface area contributed by atoms with Gasteiger partial charge in [-0.3, -0.25) is 4.79 Å². The molecule has 4 heteroatoms. The summed E-state index contributed by atoms with van der Waals surface area (Å²) in [6.45, 7) is 4.45. The molecular weight excluding hydrogens is 284 g/mol. The maximum Gasteiger partial charge on any atom is 0.253 e. The number of hydrogen-bond acceptors (Lipinski definition) is 2. The molecule has 0 aliphatic rings. The summed E-state index contributed by atoms with van der Waals surface area (Å²) in [6.07, 6.45) is 0. The number of nitrogens with two attached hydrogens (primary N) is 1. The lowest BCUT2D eigenvalue weighted by molar-refractivity contribution is 0.0785. The number of nitrogen functional groups attached to an aromatic ring is 1. The summed E-state index contributed by atoms with van der Waals surface area (Å²) in [6, 6.07) is 11.0. The maximum atomic E-state index is 12.5. The average molecular weight is 303 g/mol. The van der Waals surface area contributed by atoms with Crippen molar-refractivity contribution in [2.75, 3.05) is 12.8 Å². The van der Waals surface area contributed by atoms with Crippen molar-refractivity contribution in [1.82, 2.24) is 4.90 Å². The number of aryl methyl sites for hydroxylation is 2. The molecule has 2 rings (SSSR count). The van der Waals surface area contributed by atoms with E-state index in [1.807, 2.05) is 32.0 Å². The molecule has 21 heavy (non-hydrogen) atoms. The Labute approximate surface area is 130 Å². The van der Waals surface area contributed by atoms with Crippen LogP contribution in [0, 0.1) is 13.8 Å². The molecule has 0 spiro atoms. The fraction of sp³-hybridized carbons (Fsp3) is 0.235. The van der Waals surface area contributed by atoms with Gasteiger partial charge in [-0.25, -0.2) is 0 Å². The first kappa shape index (κ1) is 15.4. The molecule has 2 aromatic carbocycles. The van der Waals surface area contributed by atoms with Gasteiger partial charge in [-0.05, 0) is 60.9 Å². The lowest BCUT2D eigenvalue weighted by Crippen LogP contribution is -2.26. The summed E-state index contributed by atoms with van der Waals surface area (Å²) in [5.74, 6) is -0.0309. The summed E-state index contributed by atoms with van der Waals surface area (Å²) < 4.78 is 0. The molecule has 0 radical (unpaired) electrons. The van der Waals surface area contributed by atoms with Gasteiger partial charge in [-0.2, -0.15) is 0 Å². The number of amides is 1. The van der Waals surface area contributed by atoms with E-state index in [1.165, 1.54) is 5.56 Å². The molecule has 0 bridgehead atoms. The molecule has 0 aromatic heterocycles. The Hall–Kier alpha value is -2.00. The Kier molecular flexibility index (Phi) is 4.53. The van der Waals surface area contributed by atoms with Crippen LogP contribution in [0.1, 0.15) is 27.0 Å². The van der Waals surface area contributed by atoms with E-state index in [9.17, 15) is 4.79 Å². The van der Waals surface area contributed by atoms with Crippen molar-refractivity contribution in [3.05, 3.63) is 63.7 Å². The summed E-state index contributed by atoms with van der Waals surface area (Å²) >= 11 is 6.14. The Morgan fingerprint density at radius 2 is 1.86 bits per heavy atom. The normalized spacial score (nSPS) is 10.5. The predicted molar refractivity (Wildman–Crippen MR) is 87.6 cm³/mol.